The SMILES string of the molecule is O=[N+]([O-])/C=C/NO. The van der Waals surface area contributed by atoms with E-state index in [0.29, 0.717) is 6.20 Å². The summed E-state index contributed by atoms with van der Waals surface area (Å²) in [5.41, 5.74) is 1.48. The second-order valence-corrected chi connectivity index (χ2v) is 0.730. The molecule has 0 spiro atoms. The first-order valence-corrected chi connectivity index (χ1v) is 1.47. The van der Waals surface area contributed by atoms with Crippen LogP contribution in [0.25, 0.3) is 0 Å². The first-order valence-electron chi connectivity index (χ1n) is 1.47. The van der Waals surface area contributed by atoms with E-state index in [-0.39, 0.29) is 0 Å². The quantitative estimate of drug-likeness (QED) is 0.373. The standard InChI is InChI=1S/C2H4N2O3/c5-3-1-2-4(6)7/h1-3,5H/b2-1+. The van der Waals surface area contributed by atoms with Crippen LogP contribution in [0.1, 0.15) is 0 Å². The van der Waals surface area contributed by atoms with Gasteiger partial charge in [-0.3, -0.25) is 20.8 Å². The molecule has 0 heterocycles. The molecule has 0 unspecified atom stereocenters. The molecule has 0 saturated carbocycles. The third-order valence-electron chi connectivity index (χ3n) is 0.271. The van der Waals surface area contributed by atoms with Crippen molar-refractivity contribution in [3.63, 3.8) is 0 Å². The lowest BCUT2D eigenvalue weighted by Crippen LogP contribution is -1.95. The van der Waals surface area contributed by atoms with Crippen molar-refractivity contribution in [1.29, 1.82) is 0 Å². The Bertz CT molecular complexity index is 88.9. The van der Waals surface area contributed by atoms with Crippen molar-refractivity contribution in [2.75, 3.05) is 0 Å². The van der Waals surface area contributed by atoms with Gasteiger partial charge in [0.2, 0.25) is 0 Å². The van der Waals surface area contributed by atoms with Gasteiger partial charge in [0.1, 0.15) is 0 Å². The Hall–Kier alpha value is -1.10. The Morgan fingerprint density at radius 2 is 2.43 bits per heavy atom. The summed E-state index contributed by atoms with van der Waals surface area (Å²) in [6.07, 6.45) is 1.39. The molecule has 0 bridgehead atoms. The van der Waals surface area contributed by atoms with E-state index in [1.165, 1.54) is 5.48 Å². The number of hydroxylamine groups is 1. The molecule has 0 saturated heterocycles. The van der Waals surface area contributed by atoms with Crippen molar-refractivity contribution in [2.24, 2.45) is 0 Å². The summed E-state index contributed by atoms with van der Waals surface area (Å²) in [6.45, 7) is 0. The van der Waals surface area contributed by atoms with Gasteiger partial charge in [-0.25, -0.2) is 0 Å². The first-order chi connectivity index (χ1) is 3.27. The molecule has 0 aliphatic rings. The maximum atomic E-state index is 9.33. The summed E-state index contributed by atoms with van der Waals surface area (Å²) in [5.74, 6) is 0. The maximum absolute atomic E-state index is 9.33. The minimum absolute atomic E-state index is 0.583. The molecule has 0 radical (unpaired) electrons. The van der Waals surface area contributed by atoms with Crippen molar-refractivity contribution < 1.29 is 10.1 Å². The fourth-order valence-electron chi connectivity index (χ4n) is 0.0942. The van der Waals surface area contributed by atoms with Crippen LogP contribution in [0.2, 0.25) is 0 Å². The molecule has 0 aromatic carbocycles. The van der Waals surface area contributed by atoms with Crippen LogP contribution < -0.4 is 5.48 Å². The third kappa shape index (κ3) is 4.90. The Morgan fingerprint density at radius 1 is 1.86 bits per heavy atom. The highest BCUT2D eigenvalue weighted by atomic mass is 16.6. The highest BCUT2D eigenvalue weighted by molar-refractivity contribution is 4.61. The van der Waals surface area contributed by atoms with Crippen molar-refractivity contribution in [3.8, 4) is 0 Å². The van der Waals surface area contributed by atoms with E-state index < -0.39 is 4.92 Å². The summed E-state index contributed by atoms with van der Waals surface area (Å²) in [7, 11) is 0. The van der Waals surface area contributed by atoms with Crippen molar-refractivity contribution >= 4 is 0 Å². The molecule has 0 atom stereocenters. The summed E-state index contributed by atoms with van der Waals surface area (Å²) >= 11 is 0. The van der Waals surface area contributed by atoms with Crippen LogP contribution in [0.4, 0.5) is 0 Å². The average molecular weight is 104 g/mol. The lowest BCUT2D eigenvalue weighted by molar-refractivity contribution is -0.403. The average Bonchev–Trinajstić information content (AvgIpc) is 1.61. The van der Waals surface area contributed by atoms with Gasteiger partial charge in [0.05, 0.1) is 11.1 Å². The molecule has 0 aliphatic carbocycles. The predicted molar refractivity (Wildman–Crippen MR) is 21.1 cm³/mol. The number of hydrogen-bond acceptors (Lipinski definition) is 4. The maximum Gasteiger partial charge on any atom is 0.252 e. The molecule has 0 rings (SSSR count). The van der Waals surface area contributed by atoms with Gasteiger partial charge in [0, 0.05) is 0 Å². The minimum Gasteiger partial charge on any atom is -0.291 e. The Labute approximate surface area is 39.4 Å². The van der Waals surface area contributed by atoms with Gasteiger partial charge in [-0.2, -0.15) is 0 Å². The van der Waals surface area contributed by atoms with Gasteiger partial charge in [-0.1, -0.05) is 0 Å². The van der Waals surface area contributed by atoms with Crippen molar-refractivity contribution in [2.45, 2.75) is 0 Å². The number of hydrogen-bond donors (Lipinski definition) is 2. The predicted octanol–water partition coefficient (Wildman–Crippen LogP) is -0.287. The van der Waals surface area contributed by atoms with E-state index in [9.17, 15) is 10.1 Å². The van der Waals surface area contributed by atoms with Crippen molar-refractivity contribution in [3.05, 3.63) is 22.5 Å². The van der Waals surface area contributed by atoms with Gasteiger partial charge >= 0.3 is 0 Å². The molecule has 0 aromatic heterocycles. The molecule has 40 valence electrons. The Morgan fingerprint density at radius 3 is 2.57 bits per heavy atom. The number of nitrogens with zero attached hydrogens (tertiary/aromatic N) is 1. The van der Waals surface area contributed by atoms with Crippen LogP contribution in [-0.2, 0) is 0 Å². The molecular formula is C2H4N2O3. The zero-order valence-electron chi connectivity index (χ0n) is 3.37. The highest BCUT2D eigenvalue weighted by Crippen LogP contribution is 1.64. The lowest BCUT2D eigenvalue weighted by atomic mass is 10.9. The summed E-state index contributed by atoms with van der Waals surface area (Å²) < 4.78 is 0. The van der Waals surface area contributed by atoms with Crippen molar-refractivity contribution in [1.82, 2.24) is 5.48 Å². The fourth-order valence-corrected chi connectivity index (χ4v) is 0.0942. The molecule has 2 N–H and O–H groups in total. The lowest BCUT2D eigenvalue weighted by Gasteiger charge is -1.76. The molecule has 0 fully saturated rings. The smallest absolute Gasteiger partial charge is 0.252 e. The summed E-state index contributed by atoms with van der Waals surface area (Å²) in [4.78, 5) is 8.63. The van der Waals surface area contributed by atoms with Gasteiger partial charge in [-0.05, 0) is 0 Å². The molecule has 0 aromatic rings. The second-order valence-electron chi connectivity index (χ2n) is 0.730. The largest absolute Gasteiger partial charge is 0.291 e. The van der Waals surface area contributed by atoms with E-state index in [1.54, 1.807) is 0 Å². The molecule has 5 nitrogen and oxygen atoms in total. The third-order valence-corrected chi connectivity index (χ3v) is 0.271. The van der Waals surface area contributed by atoms with E-state index in [2.05, 4.69) is 0 Å². The minimum atomic E-state index is -0.691. The zero-order chi connectivity index (χ0) is 5.70. The van der Waals surface area contributed by atoms with Gasteiger partial charge in [-0.15, -0.1) is 0 Å². The van der Waals surface area contributed by atoms with Gasteiger partial charge in [0.25, 0.3) is 6.20 Å². The van der Waals surface area contributed by atoms with Crippen LogP contribution >= 0.6 is 0 Å². The van der Waals surface area contributed by atoms with Gasteiger partial charge in [0.15, 0.2) is 0 Å². The second kappa shape index (κ2) is 3.10. The summed E-state index contributed by atoms with van der Waals surface area (Å²) in [5, 5.41) is 17.0. The summed E-state index contributed by atoms with van der Waals surface area (Å²) in [6, 6.07) is 0. The highest BCUT2D eigenvalue weighted by Gasteiger charge is 1.77. The zero-order valence-corrected chi connectivity index (χ0v) is 3.37. The van der Waals surface area contributed by atoms with E-state index in [0.717, 1.165) is 6.20 Å². The number of nitrogens with one attached hydrogen (secondary N) is 1. The monoisotopic (exact) mass is 104 g/mol. The van der Waals surface area contributed by atoms with Crippen LogP contribution in [0.15, 0.2) is 12.4 Å². The normalized spacial score (nSPS) is 9.29. The molecule has 0 amide bonds. The molecular weight excluding hydrogens is 100 g/mol. The van der Waals surface area contributed by atoms with Crippen LogP contribution in [0.5, 0.6) is 0 Å². The Kier molecular flexibility index (Phi) is 2.62. The molecule has 0 aliphatic heterocycles. The van der Waals surface area contributed by atoms with Crippen LogP contribution in [0.3, 0.4) is 0 Å². The topological polar surface area (TPSA) is 75.4 Å². The molecule has 5 heteroatoms. The molecule has 7 heavy (non-hydrogen) atoms. The van der Waals surface area contributed by atoms with E-state index in [1.807, 2.05) is 0 Å². The van der Waals surface area contributed by atoms with E-state index >= 15 is 0 Å². The number of nitro groups is 1. The van der Waals surface area contributed by atoms with E-state index in [4.69, 9.17) is 5.21 Å². The first kappa shape index (κ1) is 5.90. The van der Waals surface area contributed by atoms with Crippen LogP contribution in [-0.4, -0.2) is 10.1 Å². The van der Waals surface area contributed by atoms with Crippen LogP contribution in [0, 0.1) is 10.1 Å². The fraction of sp³-hybridized carbons (Fsp3) is 0. The number of rotatable bonds is 2. The Balaban J connectivity index is 3.26. The van der Waals surface area contributed by atoms with Gasteiger partial charge < -0.3 is 0 Å².